The number of methoxy groups -OCH3 is 2. The number of benzene rings is 3. The van der Waals surface area contributed by atoms with Crippen LogP contribution in [-0.2, 0) is 4.79 Å². The molecule has 2 heterocycles. The fourth-order valence-corrected chi connectivity index (χ4v) is 5.18. The highest BCUT2D eigenvalue weighted by Gasteiger charge is 2.19. The van der Waals surface area contributed by atoms with Gasteiger partial charge in [-0.2, -0.15) is 0 Å². The largest absolute Gasteiger partial charge is 0.497 e. The van der Waals surface area contributed by atoms with Crippen LogP contribution in [0.4, 0.5) is 5.69 Å². The Kier molecular flexibility index (Phi) is 6.62. The molecule has 0 aliphatic heterocycles. The van der Waals surface area contributed by atoms with Crippen molar-refractivity contribution in [3.8, 4) is 17.2 Å². The van der Waals surface area contributed by atoms with E-state index in [1.165, 1.54) is 18.9 Å². The minimum Gasteiger partial charge on any atom is -0.497 e. The average molecular weight is 515 g/mol. The van der Waals surface area contributed by atoms with E-state index < -0.39 is 0 Å². The highest BCUT2D eigenvalue weighted by Crippen LogP contribution is 2.30. The van der Waals surface area contributed by atoms with E-state index in [9.17, 15) is 9.59 Å². The lowest BCUT2D eigenvalue weighted by molar-refractivity contribution is -0.113. The Morgan fingerprint density at radius 1 is 1.03 bits per heavy atom. The first kappa shape index (κ1) is 24.5. The van der Waals surface area contributed by atoms with Crippen LogP contribution in [0.25, 0.3) is 27.6 Å². The lowest BCUT2D eigenvalue weighted by Gasteiger charge is -2.14. The summed E-state index contributed by atoms with van der Waals surface area (Å²) in [6.45, 7) is 3.97. The molecule has 0 saturated carbocycles. The second-order valence-electron chi connectivity index (χ2n) is 8.68. The van der Waals surface area contributed by atoms with Crippen molar-refractivity contribution < 1.29 is 14.3 Å². The Labute approximate surface area is 217 Å². The molecular weight excluding hydrogens is 488 g/mol. The first-order valence-corrected chi connectivity index (χ1v) is 12.6. The fourth-order valence-electron chi connectivity index (χ4n) is 4.37. The van der Waals surface area contributed by atoms with Gasteiger partial charge in [0.15, 0.2) is 5.16 Å². The van der Waals surface area contributed by atoms with Crippen molar-refractivity contribution in [2.45, 2.75) is 19.0 Å². The van der Waals surface area contributed by atoms with Crippen LogP contribution in [0.1, 0.15) is 11.1 Å². The number of carbonyl (C=O) groups is 1. The number of H-pyrrole nitrogens is 1. The number of aryl methyl sites for hydroxylation is 2. The molecule has 5 rings (SSSR count). The minimum atomic E-state index is -0.267. The van der Waals surface area contributed by atoms with Gasteiger partial charge in [0.25, 0.3) is 5.56 Å². The van der Waals surface area contributed by atoms with Crippen molar-refractivity contribution in [3.05, 3.63) is 82.1 Å². The first-order chi connectivity index (χ1) is 17.9. The van der Waals surface area contributed by atoms with Gasteiger partial charge in [-0.25, -0.2) is 4.98 Å². The van der Waals surface area contributed by atoms with E-state index >= 15 is 0 Å². The summed E-state index contributed by atoms with van der Waals surface area (Å²) in [6, 6.07) is 18.8. The van der Waals surface area contributed by atoms with Gasteiger partial charge in [-0.1, -0.05) is 36.0 Å². The van der Waals surface area contributed by atoms with Crippen LogP contribution in [-0.4, -0.2) is 40.4 Å². The third kappa shape index (κ3) is 4.77. The zero-order valence-electron chi connectivity index (χ0n) is 20.9. The number of anilines is 1. The van der Waals surface area contributed by atoms with Crippen LogP contribution < -0.4 is 20.3 Å². The normalized spacial score (nSPS) is 11.1. The van der Waals surface area contributed by atoms with E-state index in [4.69, 9.17) is 14.5 Å². The third-order valence-electron chi connectivity index (χ3n) is 5.97. The van der Waals surface area contributed by atoms with Crippen molar-refractivity contribution in [3.63, 3.8) is 0 Å². The number of rotatable bonds is 7. The standard InChI is InChI=1S/C28H26N4O4S/c1-16-11-17(2)13-18(12-16)32-27(34)26-25(20-7-5-6-8-21(20)30-26)31-28(32)37-15-24(33)29-22-14-19(35-3)9-10-23(22)36-4/h5-14,30H,15H2,1-4H3,(H,29,33). The van der Waals surface area contributed by atoms with E-state index in [-0.39, 0.29) is 17.2 Å². The number of nitrogens with one attached hydrogen (secondary N) is 2. The summed E-state index contributed by atoms with van der Waals surface area (Å²) in [5.74, 6) is 0.881. The molecule has 1 amide bonds. The summed E-state index contributed by atoms with van der Waals surface area (Å²) in [5.41, 5.74) is 4.87. The summed E-state index contributed by atoms with van der Waals surface area (Å²) in [4.78, 5) is 34.8. The van der Waals surface area contributed by atoms with Crippen LogP contribution in [0.5, 0.6) is 11.5 Å². The van der Waals surface area contributed by atoms with Gasteiger partial charge in [-0.15, -0.1) is 0 Å². The van der Waals surface area contributed by atoms with Crippen LogP contribution in [0.2, 0.25) is 0 Å². The monoisotopic (exact) mass is 514 g/mol. The second-order valence-corrected chi connectivity index (χ2v) is 9.62. The van der Waals surface area contributed by atoms with Crippen LogP contribution in [0, 0.1) is 13.8 Å². The van der Waals surface area contributed by atoms with Gasteiger partial charge >= 0.3 is 0 Å². The number of aromatic amines is 1. The van der Waals surface area contributed by atoms with Crippen molar-refractivity contribution in [1.82, 2.24) is 14.5 Å². The van der Waals surface area contributed by atoms with Gasteiger partial charge < -0.3 is 19.8 Å². The van der Waals surface area contributed by atoms with Crippen molar-refractivity contribution in [2.24, 2.45) is 0 Å². The molecule has 0 spiro atoms. The van der Waals surface area contributed by atoms with E-state index in [1.54, 1.807) is 29.9 Å². The molecule has 9 heteroatoms. The molecule has 2 aromatic heterocycles. The Balaban J connectivity index is 1.55. The average Bonchev–Trinajstić information content (AvgIpc) is 3.26. The SMILES string of the molecule is COc1ccc(OC)c(NC(=O)CSc2nc3c([nH]c4ccccc43)c(=O)n2-c2cc(C)cc(C)c2)c1. The number of ether oxygens (including phenoxy) is 2. The molecular formula is C28H26N4O4S. The summed E-state index contributed by atoms with van der Waals surface area (Å²) in [6.07, 6.45) is 0. The van der Waals surface area contributed by atoms with Crippen LogP contribution in [0.15, 0.2) is 70.6 Å². The van der Waals surface area contributed by atoms with Crippen molar-refractivity contribution in [1.29, 1.82) is 0 Å². The molecule has 5 aromatic rings. The minimum absolute atomic E-state index is 0.0332. The molecule has 188 valence electrons. The van der Waals surface area contributed by atoms with Crippen LogP contribution >= 0.6 is 11.8 Å². The number of nitrogens with zero attached hydrogens (tertiary/aromatic N) is 2. The maximum Gasteiger partial charge on any atom is 0.283 e. The predicted molar refractivity (Wildman–Crippen MR) is 148 cm³/mol. The Morgan fingerprint density at radius 3 is 2.51 bits per heavy atom. The number of hydrogen-bond acceptors (Lipinski definition) is 6. The van der Waals surface area contributed by atoms with Gasteiger partial charge in [0.1, 0.15) is 22.5 Å². The fraction of sp³-hybridized carbons (Fsp3) is 0.179. The molecule has 0 aliphatic rings. The highest BCUT2D eigenvalue weighted by atomic mass is 32.2. The van der Waals surface area contributed by atoms with E-state index in [0.29, 0.717) is 39.1 Å². The number of carbonyl (C=O) groups excluding carboxylic acids is 1. The smallest absolute Gasteiger partial charge is 0.283 e. The number of amides is 1. The van der Waals surface area contributed by atoms with Gasteiger partial charge in [0.2, 0.25) is 5.91 Å². The number of fused-ring (bicyclic) bond motifs is 3. The molecule has 37 heavy (non-hydrogen) atoms. The predicted octanol–water partition coefficient (Wildman–Crippen LogP) is 5.23. The molecule has 0 atom stereocenters. The Morgan fingerprint density at radius 2 is 1.78 bits per heavy atom. The summed E-state index contributed by atoms with van der Waals surface area (Å²) >= 11 is 1.20. The molecule has 0 aliphatic carbocycles. The van der Waals surface area contributed by atoms with Gasteiger partial charge in [0.05, 0.1) is 31.3 Å². The quantitative estimate of drug-likeness (QED) is 0.228. The highest BCUT2D eigenvalue weighted by molar-refractivity contribution is 7.99. The molecule has 0 bridgehead atoms. The van der Waals surface area contributed by atoms with Gasteiger partial charge in [-0.3, -0.25) is 14.2 Å². The van der Waals surface area contributed by atoms with Gasteiger partial charge in [0, 0.05) is 17.0 Å². The molecule has 0 unspecified atom stereocenters. The van der Waals surface area contributed by atoms with Crippen molar-refractivity contribution >= 4 is 45.3 Å². The molecule has 8 nitrogen and oxygen atoms in total. The number of thioether (sulfide) groups is 1. The molecule has 0 radical (unpaired) electrons. The number of aromatic nitrogens is 3. The molecule has 3 aromatic carbocycles. The zero-order chi connectivity index (χ0) is 26.1. The van der Waals surface area contributed by atoms with E-state index in [2.05, 4.69) is 10.3 Å². The number of para-hydroxylation sites is 1. The Bertz CT molecular complexity index is 1690. The molecule has 2 N–H and O–H groups in total. The maximum atomic E-state index is 13.8. The second kappa shape index (κ2) is 10.0. The van der Waals surface area contributed by atoms with E-state index in [0.717, 1.165) is 22.0 Å². The third-order valence-corrected chi connectivity index (χ3v) is 6.91. The Hall–Kier alpha value is -4.24. The zero-order valence-corrected chi connectivity index (χ0v) is 21.7. The molecule has 0 saturated heterocycles. The van der Waals surface area contributed by atoms with Crippen LogP contribution in [0.3, 0.4) is 0 Å². The number of hydrogen-bond donors (Lipinski definition) is 2. The lowest BCUT2D eigenvalue weighted by Crippen LogP contribution is -2.23. The maximum absolute atomic E-state index is 13.8. The van der Waals surface area contributed by atoms with Crippen molar-refractivity contribution in [2.75, 3.05) is 25.3 Å². The lowest BCUT2D eigenvalue weighted by atomic mass is 10.1. The summed E-state index contributed by atoms with van der Waals surface area (Å²) < 4.78 is 12.2. The van der Waals surface area contributed by atoms with E-state index in [1.807, 2.05) is 56.3 Å². The topological polar surface area (TPSA) is 98.2 Å². The summed E-state index contributed by atoms with van der Waals surface area (Å²) in [7, 11) is 3.09. The van der Waals surface area contributed by atoms with Gasteiger partial charge in [-0.05, 0) is 55.3 Å². The summed E-state index contributed by atoms with van der Waals surface area (Å²) in [5, 5.41) is 4.16. The first-order valence-electron chi connectivity index (χ1n) is 11.6. The molecule has 0 fully saturated rings.